The number of imidazole rings is 1. The van der Waals surface area contributed by atoms with Gasteiger partial charge in [-0.25, -0.2) is 4.98 Å². The monoisotopic (exact) mass is 409 g/mol. The number of hydrogen-bond donors (Lipinski definition) is 0. The maximum Gasteiger partial charge on any atom is 0.227 e. The molecule has 0 N–H and O–H groups in total. The molecule has 1 fully saturated rings. The van der Waals surface area contributed by atoms with Crippen molar-refractivity contribution < 1.29 is 4.79 Å². The highest BCUT2D eigenvalue weighted by Crippen LogP contribution is 2.34. The van der Waals surface area contributed by atoms with E-state index in [9.17, 15) is 4.79 Å². The van der Waals surface area contributed by atoms with Gasteiger partial charge in [0.25, 0.3) is 0 Å². The van der Waals surface area contributed by atoms with Crippen LogP contribution in [0.5, 0.6) is 0 Å². The first-order chi connectivity index (χ1) is 15.1. The zero-order valence-corrected chi connectivity index (χ0v) is 18.1. The van der Waals surface area contributed by atoms with Crippen molar-refractivity contribution in [2.24, 2.45) is 0 Å². The predicted octanol–water partition coefficient (Wildman–Crippen LogP) is 5.42. The number of aryl methyl sites for hydroxylation is 4. The Labute approximate surface area is 183 Å². The molecule has 4 heteroatoms. The topological polar surface area (TPSA) is 38.1 Å². The molecule has 5 rings (SSSR count). The molecule has 4 nitrogen and oxygen atoms in total. The molecule has 156 valence electrons. The number of benzene rings is 3. The van der Waals surface area contributed by atoms with Gasteiger partial charge in [0.2, 0.25) is 5.91 Å². The highest BCUT2D eigenvalue weighted by molar-refractivity contribution is 5.97. The number of nitrogens with zero attached hydrogens (tertiary/aromatic N) is 3. The summed E-state index contributed by atoms with van der Waals surface area (Å²) in [5.41, 5.74) is 6.84. The van der Waals surface area contributed by atoms with Gasteiger partial charge in [-0.3, -0.25) is 4.79 Å². The highest BCUT2D eigenvalue weighted by Gasteiger charge is 2.35. The van der Waals surface area contributed by atoms with Gasteiger partial charge in [0.1, 0.15) is 5.82 Å². The van der Waals surface area contributed by atoms with Gasteiger partial charge in [-0.1, -0.05) is 60.2 Å². The van der Waals surface area contributed by atoms with E-state index in [1.165, 1.54) is 11.1 Å². The van der Waals surface area contributed by atoms with Crippen LogP contribution in [0.4, 0.5) is 5.69 Å². The van der Waals surface area contributed by atoms with Gasteiger partial charge in [-0.05, 0) is 49.6 Å². The minimum atomic E-state index is 0.0939. The van der Waals surface area contributed by atoms with Crippen LogP contribution in [0.25, 0.3) is 11.0 Å². The van der Waals surface area contributed by atoms with Crippen LogP contribution < -0.4 is 4.90 Å². The number of fused-ring (bicyclic) bond motifs is 1. The summed E-state index contributed by atoms with van der Waals surface area (Å²) in [7, 11) is 0. The van der Waals surface area contributed by atoms with E-state index in [1.54, 1.807) is 0 Å². The molecule has 31 heavy (non-hydrogen) atoms. The molecular weight excluding hydrogens is 382 g/mol. The molecule has 1 amide bonds. The summed E-state index contributed by atoms with van der Waals surface area (Å²) in [5, 5.41) is 0. The van der Waals surface area contributed by atoms with E-state index in [1.807, 2.05) is 17.0 Å². The fourth-order valence-electron chi connectivity index (χ4n) is 4.75. The van der Waals surface area contributed by atoms with E-state index in [0.29, 0.717) is 13.0 Å². The van der Waals surface area contributed by atoms with Crippen LogP contribution in [-0.4, -0.2) is 22.0 Å². The van der Waals surface area contributed by atoms with Gasteiger partial charge in [-0.2, -0.15) is 0 Å². The second kappa shape index (κ2) is 8.03. The van der Waals surface area contributed by atoms with Crippen molar-refractivity contribution in [2.75, 3.05) is 11.4 Å². The third-order valence-corrected chi connectivity index (χ3v) is 6.28. The van der Waals surface area contributed by atoms with Crippen LogP contribution in [0.1, 0.15) is 34.9 Å². The van der Waals surface area contributed by atoms with Gasteiger partial charge in [0.05, 0.1) is 11.0 Å². The molecule has 0 unspecified atom stereocenters. The molecule has 3 aromatic carbocycles. The number of aromatic nitrogens is 2. The summed E-state index contributed by atoms with van der Waals surface area (Å²) in [6.45, 7) is 5.70. The quantitative estimate of drug-likeness (QED) is 0.442. The average Bonchev–Trinajstić information content (AvgIpc) is 3.33. The van der Waals surface area contributed by atoms with Gasteiger partial charge in [0, 0.05) is 31.1 Å². The number of para-hydroxylation sites is 2. The first kappa shape index (κ1) is 19.6. The second-order valence-corrected chi connectivity index (χ2v) is 8.54. The third kappa shape index (κ3) is 3.74. The Bertz CT molecular complexity index is 1240. The zero-order chi connectivity index (χ0) is 21.4. The molecule has 1 aromatic heterocycles. The maximum atomic E-state index is 13.0. The minimum absolute atomic E-state index is 0.0939. The first-order valence-electron chi connectivity index (χ1n) is 11.0. The fraction of sp³-hybridized carbons (Fsp3) is 0.259. The molecule has 1 aliphatic heterocycles. The maximum absolute atomic E-state index is 13.0. The van der Waals surface area contributed by atoms with Gasteiger partial charge in [-0.15, -0.1) is 0 Å². The van der Waals surface area contributed by atoms with Gasteiger partial charge >= 0.3 is 0 Å². The Balaban J connectivity index is 1.47. The van der Waals surface area contributed by atoms with Crippen LogP contribution in [-0.2, 0) is 17.8 Å². The fourth-order valence-corrected chi connectivity index (χ4v) is 4.75. The van der Waals surface area contributed by atoms with Crippen molar-refractivity contribution in [2.45, 2.75) is 39.2 Å². The van der Waals surface area contributed by atoms with Crippen LogP contribution in [0.3, 0.4) is 0 Å². The Morgan fingerprint density at radius 2 is 1.74 bits per heavy atom. The van der Waals surface area contributed by atoms with E-state index in [2.05, 4.69) is 79.1 Å². The van der Waals surface area contributed by atoms with E-state index >= 15 is 0 Å². The summed E-state index contributed by atoms with van der Waals surface area (Å²) in [5.74, 6) is 1.30. The molecule has 1 saturated heterocycles. The second-order valence-electron chi connectivity index (χ2n) is 8.54. The zero-order valence-electron chi connectivity index (χ0n) is 18.1. The largest absolute Gasteiger partial charge is 0.327 e. The van der Waals surface area contributed by atoms with E-state index in [-0.39, 0.29) is 11.8 Å². The number of amides is 1. The Hall–Kier alpha value is -3.40. The van der Waals surface area contributed by atoms with E-state index in [0.717, 1.165) is 41.1 Å². The molecule has 4 aromatic rings. The smallest absolute Gasteiger partial charge is 0.227 e. The normalized spacial score (nSPS) is 16.4. The molecular formula is C27H27N3O. The molecule has 0 spiro atoms. The lowest BCUT2D eigenvalue weighted by Crippen LogP contribution is -2.25. The van der Waals surface area contributed by atoms with Crippen LogP contribution in [0.2, 0.25) is 0 Å². The lowest BCUT2D eigenvalue weighted by atomic mass is 10.1. The number of hydrogen-bond acceptors (Lipinski definition) is 2. The molecule has 0 bridgehead atoms. The molecule has 1 atom stereocenters. The summed E-state index contributed by atoms with van der Waals surface area (Å²) in [6, 6.07) is 25.1. The average molecular weight is 410 g/mol. The number of carbonyl (C=O) groups is 1. The van der Waals surface area contributed by atoms with Crippen molar-refractivity contribution in [1.29, 1.82) is 0 Å². The van der Waals surface area contributed by atoms with Crippen LogP contribution >= 0.6 is 0 Å². The van der Waals surface area contributed by atoms with E-state index < -0.39 is 0 Å². The number of rotatable bonds is 5. The summed E-state index contributed by atoms with van der Waals surface area (Å²) < 4.78 is 2.33. The molecule has 0 saturated carbocycles. The summed E-state index contributed by atoms with van der Waals surface area (Å²) in [6.07, 6.45) is 1.44. The molecule has 0 aliphatic carbocycles. The first-order valence-corrected chi connectivity index (χ1v) is 11.0. The third-order valence-electron chi connectivity index (χ3n) is 6.28. The molecule has 0 radical (unpaired) electrons. The summed E-state index contributed by atoms with van der Waals surface area (Å²) >= 11 is 0. The van der Waals surface area contributed by atoms with Crippen LogP contribution in [0.15, 0.2) is 72.8 Å². The van der Waals surface area contributed by atoms with E-state index in [4.69, 9.17) is 4.98 Å². The Morgan fingerprint density at radius 3 is 2.55 bits per heavy atom. The van der Waals surface area contributed by atoms with Gasteiger partial charge < -0.3 is 9.47 Å². The van der Waals surface area contributed by atoms with Crippen molar-refractivity contribution in [3.63, 3.8) is 0 Å². The Kier molecular flexibility index (Phi) is 5.06. The van der Waals surface area contributed by atoms with Crippen molar-refractivity contribution in [1.82, 2.24) is 9.55 Å². The highest BCUT2D eigenvalue weighted by atomic mass is 16.2. The van der Waals surface area contributed by atoms with Crippen molar-refractivity contribution in [3.05, 3.63) is 95.3 Å². The Morgan fingerprint density at radius 1 is 0.968 bits per heavy atom. The van der Waals surface area contributed by atoms with Crippen molar-refractivity contribution in [3.8, 4) is 0 Å². The minimum Gasteiger partial charge on any atom is -0.327 e. The number of anilines is 1. The van der Waals surface area contributed by atoms with Crippen molar-refractivity contribution >= 4 is 22.6 Å². The standard InChI is InChI=1S/C27H27N3O/c1-19-12-13-24(20(2)16-19)30-18-22(17-26(30)31)27-28-23-10-6-7-11-25(23)29(27)15-14-21-8-4-3-5-9-21/h3-13,16,22H,14-15,17-18H2,1-2H3/t22-/m1/s1. The molecule has 1 aliphatic rings. The predicted molar refractivity (Wildman–Crippen MR) is 126 cm³/mol. The SMILES string of the molecule is Cc1ccc(N2C[C@H](c3nc4ccccc4n3CCc3ccccc3)CC2=O)c(C)c1. The lowest BCUT2D eigenvalue weighted by molar-refractivity contribution is -0.117. The van der Waals surface area contributed by atoms with Crippen LogP contribution in [0, 0.1) is 13.8 Å². The molecule has 2 heterocycles. The number of carbonyl (C=O) groups excluding carboxylic acids is 1. The summed E-state index contributed by atoms with van der Waals surface area (Å²) in [4.78, 5) is 19.9. The van der Waals surface area contributed by atoms with Gasteiger partial charge in [0.15, 0.2) is 0 Å². The lowest BCUT2D eigenvalue weighted by Gasteiger charge is -2.20.